The first-order valence-electron chi connectivity index (χ1n) is 5.51. The van der Waals surface area contributed by atoms with Gasteiger partial charge in [-0.25, -0.2) is 9.97 Å². The third-order valence-electron chi connectivity index (χ3n) is 2.24. The van der Waals surface area contributed by atoms with Gasteiger partial charge in [0.1, 0.15) is 17.6 Å². The van der Waals surface area contributed by atoms with Crippen molar-refractivity contribution in [3.8, 4) is 0 Å². The Morgan fingerprint density at radius 2 is 2.22 bits per heavy atom. The molecule has 0 aliphatic carbocycles. The van der Waals surface area contributed by atoms with Gasteiger partial charge in [-0.05, 0) is 13.8 Å². The van der Waals surface area contributed by atoms with Gasteiger partial charge in [-0.2, -0.15) is 0 Å². The van der Waals surface area contributed by atoms with E-state index >= 15 is 0 Å². The molecule has 6 nitrogen and oxygen atoms in total. The first-order valence-corrected chi connectivity index (χ1v) is 5.89. The number of hydrogen-bond donors (Lipinski definition) is 1. The van der Waals surface area contributed by atoms with Gasteiger partial charge in [-0.3, -0.25) is 4.79 Å². The highest BCUT2D eigenvalue weighted by atomic mass is 35.5. The molecule has 1 rings (SSSR count). The molecule has 100 valence electrons. The molecule has 0 bridgehead atoms. The number of hydrogen-bond acceptors (Lipinski definition) is 5. The second-order valence-electron chi connectivity index (χ2n) is 4.09. The lowest BCUT2D eigenvalue weighted by atomic mass is 10.3. The number of anilines is 1. The Morgan fingerprint density at radius 1 is 1.56 bits per heavy atom. The number of nitrogens with two attached hydrogens (primary N) is 1. The number of carbonyl (C=O) groups is 1. The third kappa shape index (κ3) is 4.12. The van der Waals surface area contributed by atoms with E-state index in [0.717, 1.165) is 0 Å². The van der Waals surface area contributed by atoms with Crippen LogP contribution in [0.1, 0.15) is 19.7 Å². The highest BCUT2D eigenvalue weighted by Gasteiger charge is 2.16. The monoisotopic (exact) mass is 272 g/mol. The first-order chi connectivity index (χ1) is 8.43. The van der Waals surface area contributed by atoms with Crippen molar-refractivity contribution < 1.29 is 9.53 Å². The first kappa shape index (κ1) is 14.7. The van der Waals surface area contributed by atoms with Crippen LogP contribution in [-0.2, 0) is 16.1 Å². The van der Waals surface area contributed by atoms with Crippen molar-refractivity contribution in [1.82, 2.24) is 9.97 Å². The molecule has 0 saturated carbocycles. The van der Waals surface area contributed by atoms with Gasteiger partial charge < -0.3 is 15.4 Å². The van der Waals surface area contributed by atoms with Crippen molar-refractivity contribution in [2.45, 2.75) is 26.5 Å². The third-order valence-corrected chi connectivity index (χ3v) is 2.44. The summed E-state index contributed by atoms with van der Waals surface area (Å²) in [5.41, 5.74) is 5.22. The molecule has 0 spiro atoms. The number of amides is 1. The summed E-state index contributed by atoms with van der Waals surface area (Å²) in [5, 5.41) is 0.308. The Bertz CT molecular complexity index is 426. The zero-order chi connectivity index (χ0) is 13.7. The molecule has 1 heterocycles. The van der Waals surface area contributed by atoms with Crippen molar-refractivity contribution in [3.63, 3.8) is 0 Å². The van der Waals surface area contributed by atoms with E-state index in [4.69, 9.17) is 22.1 Å². The number of nitrogens with zero attached hydrogens (tertiary/aromatic N) is 3. The van der Waals surface area contributed by atoms with E-state index in [9.17, 15) is 4.79 Å². The van der Waals surface area contributed by atoms with Gasteiger partial charge in [0, 0.05) is 19.2 Å². The SMILES string of the molecule is COCc1nc(Cl)cc(N(CC(N)=O)C(C)C)n1. The molecule has 0 aliphatic heterocycles. The number of methoxy groups -OCH3 is 1. The Hall–Kier alpha value is -1.40. The average molecular weight is 273 g/mol. The predicted molar refractivity (Wildman–Crippen MR) is 69.4 cm³/mol. The minimum atomic E-state index is -0.424. The van der Waals surface area contributed by atoms with E-state index in [0.29, 0.717) is 16.8 Å². The molecule has 1 amide bonds. The molecule has 0 unspecified atom stereocenters. The quantitative estimate of drug-likeness (QED) is 0.781. The number of halogens is 1. The minimum Gasteiger partial charge on any atom is -0.377 e. The maximum absolute atomic E-state index is 11.1. The smallest absolute Gasteiger partial charge is 0.237 e. The fraction of sp³-hybridized carbons (Fsp3) is 0.545. The van der Waals surface area contributed by atoms with Crippen LogP contribution in [0.2, 0.25) is 5.15 Å². The summed E-state index contributed by atoms with van der Waals surface area (Å²) in [5.74, 6) is 0.609. The Balaban J connectivity index is 3.06. The molecular weight excluding hydrogens is 256 g/mol. The van der Waals surface area contributed by atoms with E-state index < -0.39 is 5.91 Å². The van der Waals surface area contributed by atoms with Crippen LogP contribution in [0.5, 0.6) is 0 Å². The molecule has 0 aromatic carbocycles. The van der Waals surface area contributed by atoms with Crippen LogP contribution < -0.4 is 10.6 Å². The molecule has 0 fully saturated rings. The van der Waals surface area contributed by atoms with Gasteiger partial charge in [0.05, 0.1) is 6.54 Å². The van der Waals surface area contributed by atoms with Crippen LogP contribution in [0.15, 0.2) is 6.07 Å². The van der Waals surface area contributed by atoms with Crippen molar-refractivity contribution in [3.05, 3.63) is 17.0 Å². The van der Waals surface area contributed by atoms with Crippen molar-refractivity contribution in [2.24, 2.45) is 5.73 Å². The summed E-state index contributed by atoms with van der Waals surface area (Å²) < 4.78 is 4.97. The molecular formula is C11H17ClN4O2. The minimum absolute atomic E-state index is 0.0684. The predicted octanol–water partition coefficient (Wildman–Crippen LogP) is 0.976. The molecule has 2 N–H and O–H groups in total. The molecule has 7 heteroatoms. The second-order valence-corrected chi connectivity index (χ2v) is 4.47. The highest BCUT2D eigenvalue weighted by Crippen LogP contribution is 2.18. The molecule has 18 heavy (non-hydrogen) atoms. The van der Waals surface area contributed by atoms with E-state index in [1.165, 1.54) is 0 Å². The van der Waals surface area contributed by atoms with Crippen LogP contribution in [0.3, 0.4) is 0 Å². The summed E-state index contributed by atoms with van der Waals surface area (Å²) in [6.07, 6.45) is 0. The van der Waals surface area contributed by atoms with Crippen molar-refractivity contribution >= 4 is 23.3 Å². The summed E-state index contributed by atoms with van der Waals surface area (Å²) in [6, 6.07) is 1.67. The lowest BCUT2D eigenvalue weighted by Gasteiger charge is -2.26. The standard InChI is InChI=1S/C11H17ClN4O2/c1-7(2)16(5-9(13)17)11-4-8(12)14-10(15-11)6-18-3/h4,7H,5-6H2,1-3H3,(H2,13,17). The van der Waals surface area contributed by atoms with Crippen LogP contribution >= 0.6 is 11.6 Å². The van der Waals surface area contributed by atoms with Crippen LogP contribution in [0, 0.1) is 0 Å². The lowest BCUT2D eigenvalue weighted by molar-refractivity contribution is -0.116. The molecule has 0 saturated heterocycles. The van der Waals surface area contributed by atoms with Crippen molar-refractivity contribution in [2.75, 3.05) is 18.6 Å². The summed E-state index contributed by atoms with van der Waals surface area (Å²) in [6.45, 7) is 4.22. The fourth-order valence-electron chi connectivity index (χ4n) is 1.49. The molecule has 0 radical (unpaired) electrons. The molecule has 0 atom stereocenters. The van der Waals surface area contributed by atoms with Crippen LogP contribution in [-0.4, -0.2) is 35.6 Å². The summed E-state index contributed by atoms with van der Waals surface area (Å²) >= 11 is 5.92. The fourth-order valence-corrected chi connectivity index (χ4v) is 1.68. The lowest BCUT2D eigenvalue weighted by Crippen LogP contribution is -2.39. The maximum Gasteiger partial charge on any atom is 0.237 e. The van der Waals surface area contributed by atoms with Gasteiger partial charge in [0.15, 0.2) is 5.82 Å². The molecule has 0 aliphatic rings. The summed E-state index contributed by atoms with van der Waals surface area (Å²) in [7, 11) is 1.55. The summed E-state index contributed by atoms with van der Waals surface area (Å²) in [4.78, 5) is 21.1. The number of aromatic nitrogens is 2. The average Bonchev–Trinajstić information content (AvgIpc) is 2.24. The van der Waals surface area contributed by atoms with E-state index in [1.807, 2.05) is 13.8 Å². The topological polar surface area (TPSA) is 81.3 Å². The van der Waals surface area contributed by atoms with Gasteiger partial charge in [0.25, 0.3) is 0 Å². The van der Waals surface area contributed by atoms with E-state index in [1.54, 1.807) is 18.1 Å². The van der Waals surface area contributed by atoms with Crippen LogP contribution in [0.4, 0.5) is 5.82 Å². The van der Waals surface area contributed by atoms with Crippen LogP contribution in [0.25, 0.3) is 0 Å². The second kappa shape index (κ2) is 6.51. The van der Waals surface area contributed by atoms with Gasteiger partial charge in [-0.1, -0.05) is 11.6 Å². The van der Waals surface area contributed by atoms with Gasteiger partial charge in [0.2, 0.25) is 5.91 Å². The van der Waals surface area contributed by atoms with Gasteiger partial charge >= 0.3 is 0 Å². The number of carbonyl (C=O) groups excluding carboxylic acids is 1. The molecule has 1 aromatic rings. The Morgan fingerprint density at radius 3 is 2.72 bits per heavy atom. The van der Waals surface area contributed by atoms with Gasteiger partial charge in [-0.15, -0.1) is 0 Å². The number of ether oxygens (including phenoxy) is 1. The zero-order valence-electron chi connectivity index (χ0n) is 10.7. The van der Waals surface area contributed by atoms with E-state index in [2.05, 4.69) is 9.97 Å². The Kier molecular flexibility index (Phi) is 5.30. The van der Waals surface area contributed by atoms with E-state index in [-0.39, 0.29) is 19.2 Å². The maximum atomic E-state index is 11.1. The number of rotatable bonds is 6. The normalized spacial score (nSPS) is 10.7. The largest absolute Gasteiger partial charge is 0.377 e. The number of primary amides is 1. The molecule has 1 aromatic heterocycles. The van der Waals surface area contributed by atoms with Crippen molar-refractivity contribution in [1.29, 1.82) is 0 Å². The highest BCUT2D eigenvalue weighted by molar-refractivity contribution is 6.29. The Labute approximate surface area is 111 Å². The zero-order valence-corrected chi connectivity index (χ0v) is 11.4.